The van der Waals surface area contributed by atoms with E-state index in [2.05, 4.69) is 33.3 Å². The molecule has 3 heterocycles. The lowest BCUT2D eigenvalue weighted by atomic mass is 10.0. The van der Waals surface area contributed by atoms with Crippen molar-refractivity contribution in [2.24, 2.45) is 0 Å². The molecule has 0 fully saturated rings. The van der Waals surface area contributed by atoms with Crippen LogP contribution in [0.3, 0.4) is 0 Å². The van der Waals surface area contributed by atoms with Crippen molar-refractivity contribution in [2.75, 3.05) is 18.1 Å². The highest BCUT2D eigenvalue weighted by Crippen LogP contribution is 2.31. The van der Waals surface area contributed by atoms with Crippen LogP contribution in [-0.2, 0) is 12.6 Å². The molecule has 4 aromatic rings. The SMILES string of the molecule is CSc1nc(NCCCc2ccc(-c3ccc(C(F)(F)F)cn3)cc2)c2cc(C)sc2n1. The van der Waals surface area contributed by atoms with E-state index in [0.717, 1.165) is 64.0 Å². The van der Waals surface area contributed by atoms with Gasteiger partial charge in [-0.25, -0.2) is 9.97 Å². The Labute approximate surface area is 192 Å². The molecule has 3 aromatic heterocycles. The molecule has 1 aromatic carbocycles. The first-order valence-electron chi connectivity index (χ1n) is 10.0. The molecular weight excluding hydrogens is 453 g/mol. The lowest BCUT2D eigenvalue weighted by Gasteiger charge is -2.09. The molecule has 0 amide bonds. The van der Waals surface area contributed by atoms with E-state index in [4.69, 9.17) is 0 Å². The number of halogens is 3. The average molecular weight is 475 g/mol. The number of alkyl halides is 3. The molecule has 1 N–H and O–H groups in total. The number of aryl methyl sites for hydroxylation is 2. The predicted octanol–water partition coefficient (Wildman–Crippen LogP) is 6.85. The Kier molecular flexibility index (Phi) is 6.66. The van der Waals surface area contributed by atoms with Gasteiger partial charge >= 0.3 is 6.18 Å². The van der Waals surface area contributed by atoms with Crippen molar-refractivity contribution in [3.05, 3.63) is 64.7 Å². The minimum absolute atomic E-state index is 0.523. The van der Waals surface area contributed by atoms with Crippen LogP contribution < -0.4 is 5.32 Å². The van der Waals surface area contributed by atoms with E-state index in [1.54, 1.807) is 11.3 Å². The normalized spacial score (nSPS) is 11.8. The van der Waals surface area contributed by atoms with Crippen LogP contribution >= 0.6 is 23.1 Å². The Balaban J connectivity index is 1.35. The van der Waals surface area contributed by atoms with Crippen LogP contribution in [0.1, 0.15) is 22.4 Å². The number of thiophene rings is 1. The Morgan fingerprint density at radius 2 is 1.84 bits per heavy atom. The minimum atomic E-state index is -4.37. The van der Waals surface area contributed by atoms with Crippen molar-refractivity contribution in [3.63, 3.8) is 0 Å². The van der Waals surface area contributed by atoms with Gasteiger partial charge in [-0.2, -0.15) is 13.2 Å². The Morgan fingerprint density at radius 1 is 1.06 bits per heavy atom. The van der Waals surface area contributed by atoms with E-state index in [0.29, 0.717) is 5.69 Å². The van der Waals surface area contributed by atoms with E-state index in [1.165, 1.54) is 22.7 Å². The number of hydrogen-bond donors (Lipinski definition) is 1. The lowest BCUT2D eigenvalue weighted by molar-refractivity contribution is -0.137. The van der Waals surface area contributed by atoms with Crippen molar-refractivity contribution >= 4 is 39.1 Å². The standard InChI is InChI=1S/C23H21F3N4S2/c1-14-12-18-20(29-22(31-2)30-21(18)32-14)27-11-3-4-15-5-7-16(8-6-15)19-10-9-17(13-28-19)23(24,25)26/h5-10,12-13H,3-4,11H2,1-2H3,(H,27,29,30). The third-order valence-corrected chi connectivity index (χ3v) is 6.45. The summed E-state index contributed by atoms with van der Waals surface area (Å²) in [4.78, 5) is 15.3. The monoisotopic (exact) mass is 474 g/mol. The van der Waals surface area contributed by atoms with Crippen LogP contribution in [0, 0.1) is 6.92 Å². The van der Waals surface area contributed by atoms with Gasteiger partial charge in [0.15, 0.2) is 5.16 Å². The number of nitrogens with one attached hydrogen (secondary N) is 1. The fourth-order valence-electron chi connectivity index (χ4n) is 3.32. The smallest absolute Gasteiger partial charge is 0.369 e. The molecule has 0 saturated heterocycles. The van der Waals surface area contributed by atoms with Crippen molar-refractivity contribution in [1.29, 1.82) is 0 Å². The highest BCUT2D eigenvalue weighted by Gasteiger charge is 2.30. The summed E-state index contributed by atoms with van der Waals surface area (Å²) in [6.45, 7) is 2.84. The van der Waals surface area contributed by atoms with Crippen LogP contribution in [0.4, 0.5) is 19.0 Å². The highest BCUT2D eigenvalue weighted by atomic mass is 32.2. The van der Waals surface area contributed by atoms with Crippen molar-refractivity contribution in [3.8, 4) is 11.3 Å². The fraction of sp³-hybridized carbons (Fsp3) is 0.261. The second-order valence-electron chi connectivity index (χ2n) is 7.29. The van der Waals surface area contributed by atoms with Crippen molar-refractivity contribution in [2.45, 2.75) is 31.1 Å². The number of fused-ring (bicyclic) bond motifs is 1. The van der Waals surface area contributed by atoms with Crippen LogP contribution in [0.5, 0.6) is 0 Å². The molecule has 4 nitrogen and oxygen atoms in total. The summed E-state index contributed by atoms with van der Waals surface area (Å²) in [5.41, 5.74) is 1.73. The van der Waals surface area contributed by atoms with Gasteiger partial charge in [0.25, 0.3) is 0 Å². The first-order valence-corrected chi connectivity index (χ1v) is 12.1. The van der Waals surface area contributed by atoms with Gasteiger partial charge in [0.2, 0.25) is 0 Å². The molecule has 166 valence electrons. The van der Waals surface area contributed by atoms with E-state index in [9.17, 15) is 13.2 Å². The van der Waals surface area contributed by atoms with E-state index < -0.39 is 11.7 Å². The van der Waals surface area contributed by atoms with Crippen LogP contribution in [0.25, 0.3) is 21.5 Å². The molecule has 0 radical (unpaired) electrons. The largest absolute Gasteiger partial charge is 0.417 e. The molecule has 0 saturated carbocycles. The Bertz CT molecular complexity index is 1200. The topological polar surface area (TPSA) is 50.7 Å². The van der Waals surface area contributed by atoms with Gasteiger partial charge in [-0.3, -0.25) is 4.98 Å². The fourth-order valence-corrected chi connectivity index (χ4v) is 4.62. The number of pyridine rings is 1. The van der Waals surface area contributed by atoms with Crippen LogP contribution in [0.15, 0.2) is 53.8 Å². The third kappa shape index (κ3) is 5.21. The summed E-state index contributed by atoms with van der Waals surface area (Å²) in [6.07, 6.45) is 0.257. The van der Waals surface area contributed by atoms with Crippen LogP contribution in [-0.4, -0.2) is 27.8 Å². The summed E-state index contributed by atoms with van der Waals surface area (Å²) >= 11 is 3.20. The van der Waals surface area contributed by atoms with Gasteiger partial charge in [0.05, 0.1) is 16.6 Å². The average Bonchev–Trinajstić information content (AvgIpc) is 3.16. The minimum Gasteiger partial charge on any atom is -0.369 e. The zero-order chi connectivity index (χ0) is 22.7. The van der Waals surface area contributed by atoms with Crippen molar-refractivity contribution in [1.82, 2.24) is 15.0 Å². The third-order valence-electron chi connectivity index (χ3n) is 4.95. The molecule has 4 rings (SSSR count). The highest BCUT2D eigenvalue weighted by molar-refractivity contribution is 7.98. The quantitative estimate of drug-likeness (QED) is 0.180. The number of hydrogen-bond acceptors (Lipinski definition) is 6. The van der Waals surface area contributed by atoms with Gasteiger partial charge in [-0.05, 0) is 49.8 Å². The van der Waals surface area contributed by atoms with Gasteiger partial charge in [0, 0.05) is 23.2 Å². The molecule has 0 atom stereocenters. The maximum atomic E-state index is 12.7. The molecule has 0 unspecified atom stereocenters. The molecule has 0 aliphatic carbocycles. The molecule has 0 spiro atoms. The zero-order valence-corrected chi connectivity index (χ0v) is 19.2. The van der Waals surface area contributed by atoms with Crippen molar-refractivity contribution < 1.29 is 13.2 Å². The first kappa shape index (κ1) is 22.5. The number of aromatic nitrogens is 3. The number of benzene rings is 1. The molecule has 32 heavy (non-hydrogen) atoms. The summed E-state index contributed by atoms with van der Waals surface area (Å²) < 4.78 is 38.1. The number of thioether (sulfide) groups is 1. The second kappa shape index (κ2) is 9.46. The van der Waals surface area contributed by atoms with E-state index in [1.807, 2.05) is 30.5 Å². The number of nitrogens with zero attached hydrogens (tertiary/aromatic N) is 3. The van der Waals surface area contributed by atoms with Gasteiger partial charge < -0.3 is 5.32 Å². The Morgan fingerprint density at radius 3 is 2.50 bits per heavy atom. The van der Waals surface area contributed by atoms with E-state index >= 15 is 0 Å². The molecule has 9 heteroatoms. The predicted molar refractivity (Wildman–Crippen MR) is 125 cm³/mol. The lowest BCUT2D eigenvalue weighted by Crippen LogP contribution is -2.06. The summed E-state index contributed by atoms with van der Waals surface area (Å²) in [5, 5.41) is 5.25. The molecule has 0 bridgehead atoms. The number of rotatable bonds is 7. The molecule has 0 aliphatic rings. The summed E-state index contributed by atoms with van der Waals surface area (Å²) in [7, 11) is 0. The van der Waals surface area contributed by atoms with Gasteiger partial charge in [0.1, 0.15) is 10.6 Å². The summed E-state index contributed by atoms with van der Waals surface area (Å²) in [5.74, 6) is 0.868. The summed E-state index contributed by atoms with van der Waals surface area (Å²) in [6, 6.07) is 12.3. The van der Waals surface area contributed by atoms with Gasteiger partial charge in [-0.15, -0.1) is 11.3 Å². The zero-order valence-electron chi connectivity index (χ0n) is 17.5. The molecular formula is C23H21F3N4S2. The number of anilines is 1. The molecule has 0 aliphatic heterocycles. The first-order chi connectivity index (χ1) is 15.3. The van der Waals surface area contributed by atoms with Gasteiger partial charge in [-0.1, -0.05) is 36.0 Å². The second-order valence-corrected chi connectivity index (χ2v) is 9.30. The Hall–Kier alpha value is -2.65. The van der Waals surface area contributed by atoms with Crippen LogP contribution in [0.2, 0.25) is 0 Å². The van der Waals surface area contributed by atoms with E-state index in [-0.39, 0.29) is 0 Å². The maximum Gasteiger partial charge on any atom is 0.417 e. The maximum absolute atomic E-state index is 12.7.